The maximum absolute atomic E-state index is 10.7. The molecule has 1 aliphatic rings. The molecule has 0 aliphatic heterocycles. The summed E-state index contributed by atoms with van der Waals surface area (Å²) in [5, 5.41) is 10.7. The van der Waals surface area contributed by atoms with Crippen LogP contribution in [0.4, 0.5) is 0 Å². The molecule has 0 bridgehead atoms. The van der Waals surface area contributed by atoms with Crippen LogP contribution >= 0.6 is 0 Å². The summed E-state index contributed by atoms with van der Waals surface area (Å²) >= 11 is 0. The topological polar surface area (TPSA) is 23.5 Å². The van der Waals surface area contributed by atoms with E-state index in [1.165, 1.54) is 44.9 Å². The van der Waals surface area contributed by atoms with Crippen LogP contribution in [0.1, 0.15) is 65.2 Å². The van der Waals surface area contributed by atoms with Crippen LogP contribution in [-0.4, -0.2) is 35.7 Å². The molecule has 0 saturated heterocycles. The Morgan fingerprint density at radius 2 is 1.59 bits per heavy atom. The summed E-state index contributed by atoms with van der Waals surface area (Å²) in [5.41, 5.74) is 0.0564. The lowest BCUT2D eigenvalue weighted by Crippen LogP contribution is -2.55. The maximum Gasteiger partial charge on any atom is 0.0726 e. The Hall–Kier alpha value is -0.0800. The number of hydrogen-bond donors (Lipinski definition) is 1. The van der Waals surface area contributed by atoms with Crippen molar-refractivity contribution in [1.82, 2.24) is 4.90 Å². The first-order valence-corrected chi connectivity index (χ1v) is 7.42. The minimum Gasteiger partial charge on any atom is -0.391 e. The number of hydrogen-bond acceptors (Lipinski definition) is 2. The van der Waals surface area contributed by atoms with Gasteiger partial charge < -0.3 is 10.0 Å². The van der Waals surface area contributed by atoms with Crippen LogP contribution in [0, 0.1) is 5.92 Å². The summed E-state index contributed by atoms with van der Waals surface area (Å²) in [6, 6.07) is 0. The quantitative estimate of drug-likeness (QED) is 0.770. The van der Waals surface area contributed by atoms with Crippen LogP contribution in [-0.2, 0) is 0 Å². The molecule has 1 unspecified atom stereocenters. The van der Waals surface area contributed by atoms with E-state index in [4.69, 9.17) is 0 Å². The maximum atomic E-state index is 10.7. The van der Waals surface area contributed by atoms with Gasteiger partial charge in [0.15, 0.2) is 0 Å². The van der Waals surface area contributed by atoms with E-state index >= 15 is 0 Å². The highest BCUT2D eigenvalue weighted by Gasteiger charge is 2.41. The van der Waals surface area contributed by atoms with E-state index in [-0.39, 0.29) is 11.6 Å². The Kier molecular flexibility index (Phi) is 5.94. The van der Waals surface area contributed by atoms with Crippen molar-refractivity contribution in [3.05, 3.63) is 0 Å². The Bertz CT molecular complexity index is 205. The van der Waals surface area contributed by atoms with Gasteiger partial charge in [-0.05, 0) is 39.3 Å². The lowest BCUT2D eigenvalue weighted by molar-refractivity contribution is -0.0435. The molecule has 1 rings (SSSR count). The average molecular weight is 241 g/mol. The monoisotopic (exact) mass is 241 g/mol. The highest BCUT2D eigenvalue weighted by atomic mass is 16.3. The average Bonchev–Trinajstić information content (AvgIpc) is 2.36. The van der Waals surface area contributed by atoms with E-state index in [2.05, 4.69) is 32.8 Å². The van der Waals surface area contributed by atoms with Gasteiger partial charge in [-0.1, -0.05) is 46.0 Å². The highest BCUT2D eigenvalue weighted by molar-refractivity contribution is 4.97. The number of aliphatic hydroxyl groups excluding tert-OH is 1. The summed E-state index contributed by atoms with van der Waals surface area (Å²) in [5.74, 6) is 0.684. The van der Waals surface area contributed by atoms with Gasteiger partial charge in [-0.15, -0.1) is 0 Å². The number of aliphatic hydroxyl groups is 1. The molecule has 1 saturated carbocycles. The summed E-state index contributed by atoms with van der Waals surface area (Å²) in [4.78, 5) is 2.29. The van der Waals surface area contributed by atoms with Crippen LogP contribution in [0.2, 0.25) is 0 Å². The van der Waals surface area contributed by atoms with E-state index < -0.39 is 0 Å². The number of rotatable bonds is 6. The van der Waals surface area contributed by atoms with Crippen molar-refractivity contribution in [3.63, 3.8) is 0 Å². The SMILES string of the molecule is CCC(CC)CC(O)C1(N(C)C)CCCCC1. The first kappa shape index (κ1) is 15.0. The van der Waals surface area contributed by atoms with Gasteiger partial charge in [-0.25, -0.2) is 0 Å². The van der Waals surface area contributed by atoms with Crippen molar-refractivity contribution >= 4 is 0 Å². The molecule has 0 heterocycles. The standard InChI is InChI=1S/C15H31NO/c1-5-13(6-2)12-14(17)15(16(3)4)10-8-7-9-11-15/h13-14,17H,5-12H2,1-4H3. The van der Waals surface area contributed by atoms with Crippen LogP contribution in [0.25, 0.3) is 0 Å². The fraction of sp³-hybridized carbons (Fsp3) is 1.00. The van der Waals surface area contributed by atoms with E-state index in [1.807, 2.05) is 0 Å². The zero-order valence-corrected chi connectivity index (χ0v) is 12.2. The van der Waals surface area contributed by atoms with E-state index in [0.717, 1.165) is 6.42 Å². The minimum absolute atomic E-state index is 0.0564. The van der Waals surface area contributed by atoms with Gasteiger partial charge in [0.2, 0.25) is 0 Å². The highest BCUT2D eigenvalue weighted by Crippen LogP contribution is 2.37. The fourth-order valence-electron chi connectivity index (χ4n) is 3.40. The van der Waals surface area contributed by atoms with Gasteiger partial charge in [0, 0.05) is 5.54 Å². The molecule has 1 aliphatic carbocycles. The second kappa shape index (κ2) is 6.75. The van der Waals surface area contributed by atoms with Gasteiger partial charge in [-0.2, -0.15) is 0 Å². The van der Waals surface area contributed by atoms with Gasteiger partial charge in [-0.3, -0.25) is 0 Å². The largest absolute Gasteiger partial charge is 0.391 e. The van der Waals surface area contributed by atoms with Gasteiger partial charge in [0.1, 0.15) is 0 Å². The Balaban J connectivity index is 2.69. The van der Waals surface area contributed by atoms with Crippen molar-refractivity contribution in [2.24, 2.45) is 5.92 Å². The molecule has 1 N–H and O–H groups in total. The fourth-order valence-corrected chi connectivity index (χ4v) is 3.40. The third kappa shape index (κ3) is 3.45. The smallest absolute Gasteiger partial charge is 0.0726 e. The van der Waals surface area contributed by atoms with Crippen molar-refractivity contribution < 1.29 is 5.11 Å². The molecule has 0 spiro atoms. The first-order valence-electron chi connectivity index (χ1n) is 7.42. The summed E-state index contributed by atoms with van der Waals surface area (Å²) < 4.78 is 0. The van der Waals surface area contributed by atoms with Gasteiger partial charge >= 0.3 is 0 Å². The predicted molar refractivity (Wildman–Crippen MR) is 74.2 cm³/mol. The summed E-state index contributed by atoms with van der Waals surface area (Å²) in [6.45, 7) is 4.48. The molecule has 17 heavy (non-hydrogen) atoms. The van der Waals surface area contributed by atoms with E-state index in [1.54, 1.807) is 0 Å². The molecule has 0 aromatic carbocycles. The molecule has 2 heteroatoms. The summed E-state index contributed by atoms with van der Waals surface area (Å²) in [6.07, 6.45) is 9.44. The molecule has 0 amide bonds. The molecule has 1 fully saturated rings. The molecule has 0 aromatic heterocycles. The lowest BCUT2D eigenvalue weighted by atomic mass is 9.73. The van der Waals surface area contributed by atoms with E-state index in [0.29, 0.717) is 5.92 Å². The van der Waals surface area contributed by atoms with Crippen molar-refractivity contribution in [1.29, 1.82) is 0 Å². The molecule has 2 nitrogen and oxygen atoms in total. The Morgan fingerprint density at radius 3 is 2.00 bits per heavy atom. The van der Waals surface area contributed by atoms with Crippen LogP contribution in [0.3, 0.4) is 0 Å². The molecular formula is C15H31NO. The number of likely N-dealkylation sites (N-methyl/N-ethyl adjacent to an activating group) is 1. The second-order valence-corrected chi connectivity index (χ2v) is 5.99. The molecule has 0 aromatic rings. The normalized spacial score (nSPS) is 22.1. The summed E-state index contributed by atoms with van der Waals surface area (Å²) in [7, 11) is 4.28. The van der Waals surface area contributed by atoms with Gasteiger partial charge in [0.25, 0.3) is 0 Å². The van der Waals surface area contributed by atoms with Crippen LogP contribution in [0.5, 0.6) is 0 Å². The molecule has 102 valence electrons. The lowest BCUT2D eigenvalue weighted by Gasteiger charge is -2.47. The van der Waals surface area contributed by atoms with Crippen molar-refractivity contribution in [3.8, 4) is 0 Å². The van der Waals surface area contributed by atoms with Gasteiger partial charge in [0.05, 0.1) is 6.10 Å². The van der Waals surface area contributed by atoms with E-state index in [9.17, 15) is 5.11 Å². The second-order valence-electron chi connectivity index (χ2n) is 5.99. The predicted octanol–water partition coefficient (Wildman–Crippen LogP) is 3.44. The van der Waals surface area contributed by atoms with Crippen molar-refractivity contribution in [2.45, 2.75) is 76.9 Å². The minimum atomic E-state index is -0.150. The molecule has 1 atom stereocenters. The first-order chi connectivity index (χ1) is 8.06. The van der Waals surface area contributed by atoms with Crippen molar-refractivity contribution in [2.75, 3.05) is 14.1 Å². The molecule has 0 radical (unpaired) electrons. The zero-order valence-electron chi connectivity index (χ0n) is 12.2. The third-order valence-corrected chi connectivity index (χ3v) is 4.94. The van der Waals surface area contributed by atoms with Crippen LogP contribution in [0.15, 0.2) is 0 Å². The Labute approximate surface area is 107 Å². The number of nitrogens with zero attached hydrogens (tertiary/aromatic N) is 1. The van der Waals surface area contributed by atoms with Crippen LogP contribution < -0.4 is 0 Å². The Morgan fingerprint density at radius 1 is 1.06 bits per heavy atom. The zero-order chi connectivity index (χ0) is 12.9. The molecular weight excluding hydrogens is 210 g/mol. The third-order valence-electron chi connectivity index (χ3n) is 4.94.